The van der Waals surface area contributed by atoms with Crippen LogP contribution in [0.2, 0.25) is 0 Å². The Bertz CT molecular complexity index is 878. The highest BCUT2D eigenvalue weighted by molar-refractivity contribution is 9.10. The number of hydrogen-bond donors (Lipinski definition) is 2. The van der Waals surface area contributed by atoms with Crippen LogP contribution in [0.1, 0.15) is 18.1 Å². The van der Waals surface area contributed by atoms with Crippen LogP contribution in [-0.4, -0.2) is 20.6 Å². The summed E-state index contributed by atoms with van der Waals surface area (Å²) in [6, 6.07) is 18.0. The van der Waals surface area contributed by atoms with Gasteiger partial charge in [-0.05, 0) is 30.2 Å². The Kier molecular flexibility index (Phi) is 5.72. The molecule has 0 aliphatic rings. The SMILES string of the molecule is C/C(=N\Nc1nnc(SCc2cccc(Br)c2)n1N)c1ccccc1. The molecule has 0 bridgehead atoms. The van der Waals surface area contributed by atoms with Crippen LogP contribution in [0.4, 0.5) is 5.95 Å². The van der Waals surface area contributed by atoms with E-state index < -0.39 is 0 Å². The van der Waals surface area contributed by atoms with Crippen molar-refractivity contribution in [3.05, 3.63) is 70.2 Å². The summed E-state index contributed by atoms with van der Waals surface area (Å²) >= 11 is 4.98. The minimum absolute atomic E-state index is 0.395. The maximum Gasteiger partial charge on any atom is 0.264 e. The van der Waals surface area contributed by atoms with Gasteiger partial charge in [-0.3, -0.25) is 0 Å². The number of halogens is 1. The zero-order valence-corrected chi connectivity index (χ0v) is 16.0. The molecule has 1 aromatic heterocycles. The molecule has 0 aliphatic heterocycles. The number of nitrogens with two attached hydrogens (primary N) is 1. The van der Waals surface area contributed by atoms with Crippen LogP contribution in [0.25, 0.3) is 0 Å². The summed E-state index contributed by atoms with van der Waals surface area (Å²) in [6.07, 6.45) is 0. The number of nitrogens with one attached hydrogen (secondary N) is 1. The molecule has 3 rings (SSSR count). The number of nitrogens with zero attached hydrogens (tertiary/aromatic N) is 4. The normalized spacial score (nSPS) is 11.5. The first-order valence-electron chi connectivity index (χ1n) is 7.57. The van der Waals surface area contributed by atoms with Crippen LogP contribution in [-0.2, 0) is 5.75 Å². The lowest BCUT2D eigenvalue weighted by atomic mass is 10.1. The molecular formula is C17H17BrN6S. The fourth-order valence-electron chi connectivity index (χ4n) is 2.10. The molecule has 0 amide bonds. The van der Waals surface area contributed by atoms with Crippen molar-refractivity contribution in [3.63, 3.8) is 0 Å². The average molecular weight is 417 g/mol. The molecule has 128 valence electrons. The minimum Gasteiger partial charge on any atom is -0.334 e. The molecule has 25 heavy (non-hydrogen) atoms. The summed E-state index contributed by atoms with van der Waals surface area (Å²) < 4.78 is 2.46. The molecule has 0 saturated carbocycles. The maximum atomic E-state index is 6.05. The first-order chi connectivity index (χ1) is 12.1. The second-order valence-electron chi connectivity index (χ2n) is 5.27. The molecule has 6 nitrogen and oxygen atoms in total. The number of thioether (sulfide) groups is 1. The van der Waals surface area contributed by atoms with E-state index >= 15 is 0 Å². The van der Waals surface area contributed by atoms with Crippen molar-refractivity contribution in [3.8, 4) is 0 Å². The van der Waals surface area contributed by atoms with E-state index in [0.717, 1.165) is 21.5 Å². The van der Waals surface area contributed by atoms with Gasteiger partial charge in [0.1, 0.15) is 0 Å². The predicted octanol–water partition coefficient (Wildman–Crippen LogP) is 3.88. The third-order valence-corrected chi connectivity index (χ3v) is 4.94. The van der Waals surface area contributed by atoms with E-state index in [9.17, 15) is 0 Å². The van der Waals surface area contributed by atoms with E-state index in [0.29, 0.717) is 11.1 Å². The van der Waals surface area contributed by atoms with Crippen molar-refractivity contribution >= 4 is 39.4 Å². The monoisotopic (exact) mass is 416 g/mol. The molecule has 0 spiro atoms. The van der Waals surface area contributed by atoms with Gasteiger partial charge in [0.15, 0.2) is 0 Å². The van der Waals surface area contributed by atoms with Crippen LogP contribution >= 0.6 is 27.7 Å². The van der Waals surface area contributed by atoms with Gasteiger partial charge < -0.3 is 5.84 Å². The quantitative estimate of drug-likeness (QED) is 0.275. The number of benzene rings is 2. The Balaban J connectivity index is 1.65. The first kappa shape index (κ1) is 17.5. The molecule has 0 saturated heterocycles. The number of hydrazone groups is 1. The third kappa shape index (κ3) is 4.61. The highest BCUT2D eigenvalue weighted by atomic mass is 79.9. The fourth-order valence-corrected chi connectivity index (χ4v) is 3.35. The van der Waals surface area contributed by atoms with Gasteiger partial charge in [-0.2, -0.15) is 5.10 Å². The van der Waals surface area contributed by atoms with Crippen LogP contribution in [0, 0.1) is 0 Å². The van der Waals surface area contributed by atoms with Crippen molar-refractivity contribution in [2.45, 2.75) is 17.8 Å². The van der Waals surface area contributed by atoms with Crippen molar-refractivity contribution < 1.29 is 0 Å². The molecule has 0 fully saturated rings. The summed E-state index contributed by atoms with van der Waals surface area (Å²) in [7, 11) is 0. The number of nitrogen functional groups attached to an aromatic ring is 1. The fraction of sp³-hybridized carbons (Fsp3) is 0.118. The van der Waals surface area contributed by atoms with Gasteiger partial charge in [0, 0.05) is 10.2 Å². The summed E-state index contributed by atoms with van der Waals surface area (Å²) in [5.74, 6) is 7.20. The largest absolute Gasteiger partial charge is 0.334 e. The maximum absolute atomic E-state index is 6.05. The number of hydrogen-bond acceptors (Lipinski definition) is 6. The molecule has 0 aliphatic carbocycles. The Morgan fingerprint density at radius 3 is 2.76 bits per heavy atom. The molecule has 3 N–H and O–H groups in total. The number of anilines is 1. The summed E-state index contributed by atoms with van der Waals surface area (Å²) in [5, 5.41) is 13.1. The first-order valence-corrected chi connectivity index (χ1v) is 9.35. The van der Waals surface area contributed by atoms with Crippen LogP contribution in [0.5, 0.6) is 0 Å². The van der Waals surface area contributed by atoms with Crippen molar-refractivity contribution in [1.82, 2.24) is 14.9 Å². The lowest BCUT2D eigenvalue weighted by Crippen LogP contribution is -2.13. The van der Waals surface area contributed by atoms with Gasteiger partial charge in [-0.1, -0.05) is 70.2 Å². The second-order valence-corrected chi connectivity index (χ2v) is 7.13. The van der Waals surface area contributed by atoms with E-state index in [1.165, 1.54) is 22.0 Å². The number of aromatic nitrogens is 3. The van der Waals surface area contributed by atoms with Gasteiger partial charge >= 0.3 is 0 Å². The standard InChI is InChI=1S/C17H17BrN6S/c1-12(14-7-3-2-4-8-14)20-21-16-22-23-17(24(16)19)25-11-13-6-5-9-15(18)10-13/h2-10H,11,19H2,1H3,(H,21,22)/b20-12+. The molecule has 1 heterocycles. The highest BCUT2D eigenvalue weighted by Crippen LogP contribution is 2.23. The van der Waals surface area contributed by atoms with Crippen molar-refractivity contribution in [2.24, 2.45) is 5.10 Å². The Morgan fingerprint density at radius 1 is 1.20 bits per heavy atom. The van der Waals surface area contributed by atoms with Crippen LogP contribution in [0.3, 0.4) is 0 Å². The van der Waals surface area contributed by atoms with Gasteiger partial charge in [-0.25, -0.2) is 10.1 Å². The average Bonchev–Trinajstić information content (AvgIpc) is 2.98. The van der Waals surface area contributed by atoms with Gasteiger partial charge in [0.25, 0.3) is 5.95 Å². The summed E-state index contributed by atoms with van der Waals surface area (Å²) in [4.78, 5) is 0. The molecule has 2 aromatic carbocycles. The zero-order chi connectivity index (χ0) is 17.6. The molecule has 0 atom stereocenters. The molecule has 0 unspecified atom stereocenters. The van der Waals surface area contributed by atoms with Crippen molar-refractivity contribution in [1.29, 1.82) is 0 Å². The summed E-state index contributed by atoms with van der Waals surface area (Å²) in [6.45, 7) is 1.92. The predicted molar refractivity (Wildman–Crippen MR) is 106 cm³/mol. The second kappa shape index (κ2) is 8.17. The van der Waals surface area contributed by atoms with E-state index in [1.54, 1.807) is 0 Å². The molecular weight excluding hydrogens is 400 g/mol. The Labute approximate surface area is 158 Å². The Hall–Kier alpha value is -2.32. The van der Waals surface area contributed by atoms with Gasteiger partial charge in [-0.15, -0.1) is 10.2 Å². The molecule has 3 aromatic rings. The molecule has 0 radical (unpaired) electrons. The van der Waals surface area contributed by atoms with Crippen LogP contribution < -0.4 is 11.3 Å². The lowest BCUT2D eigenvalue weighted by Gasteiger charge is -2.05. The summed E-state index contributed by atoms with van der Waals surface area (Å²) in [5.41, 5.74) is 5.92. The van der Waals surface area contributed by atoms with E-state index in [4.69, 9.17) is 5.84 Å². The zero-order valence-electron chi connectivity index (χ0n) is 13.6. The molecule has 8 heteroatoms. The lowest BCUT2D eigenvalue weighted by molar-refractivity contribution is 0.846. The minimum atomic E-state index is 0.395. The van der Waals surface area contributed by atoms with Gasteiger partial charge in [0.05, 0.1) is 5.71 Å². The Morgan fingerprint density at radius 2 is 2.00 bits per heavy atom. The van der Waals surface area contributed by atoms with Crippen molar-refractivity contribution in [2.75, 3.05) is 11.3 Å². The van der Waals surface area contributed by atoms with E-state index in [1.807, 2.05) is 49.4 Å². The topological polar surface area (TPSA) is 81.1 Å². The number of rotatable bonds is 6. The van der Waals surface area contributed by atoms with E-state index in [-0.39, 0.29) is 0 Å². The highest BCUT2D eigenvalue weighted by Gasteiger charge is 2.10. The third-order valence-electron chi connectivity index (χ3n) is 3.44. The van der Waals surface area contributed by atoms with Gasteiger partial charge in [0.2, 0.25) is 5.16 Å². The van der Waals surface area contributed by atoms with Crippen LogP contribution in [0.15, 0.2) is 69.3 Å². The smallest absolute Gasteiger partial charge is 0.264 e. The van der Waals surface area contributed by atoms with E-state index in [2.05, 4.69) is 48.8 Å².